The zero-order valence-electron chi connectivity index (χ0n) is 34.3. The molecule has 0 radical (unpaired) electrons. The van der Waals surface area contributed by atoms with Crippen LogP contribution in [-0.4, -0.2) is 66.4 Å². The third-order valence-electron chi connectivity index (χ3n) is 9.15. The van der Waals surface area contributed by atoms with E-state index in [1.807, 2.05) is 0 Å². The van der Waals surface area contributed by atoms with Gasteiger partial charge >= 0.3 is 25.7 Å². The van der Waals surface area contributed by atoms with Crippen molar-refractivity contribution < 1.29 is 47.5 Å². The van der Waals surface area contributed by atoms with E-state index >= 15 is 0 Å². The number of unbranched alkanes of at least 4 members (excludes halogenated alkanes) is 20. The minimum absolute atomic E-state index is 0.00412. The van der Waals surface area contributed by atoms with Gasteiger partial charge in [0.15, 0.2) is 6.10 Å². The van der Waals surface area contributed by atoms with Gasteiger partial charge in [0.25, 0.3) is 0 Å². The van der Waals surface area contributed by atoms with Gasteiger partial charge in [-0.2, -0.15) is 0 Å². The molecule has 0 aliphatic rings. The highest BCUT2D eigenvalue weighted by Crippen LogP contribution is 2.43. The molecule has 3 atom stereocenters. The maximum atomic E-state index is 12.6. The lowest BCUT2D eigenvalue weighted by Gasteiger charge is -2.20. The van der Waals surface area contributed by atoms with E-state index in [4.69, 9.17) is 23.6 Å². The highest BCUT2D eigenvalue weighted by molar-refractivity contribution is 7.47. The summed E-state index contributed by atoms with van der Waals surface area (Å²) in [5.74, 6) is -1.98. The van der Waals surface area contributed by atoms with Gasteiger partial charge in [0.05, 0.1) is 13.2 Å². The second-order valence-corrected chi connectivity index (χ2v) is 15.8. The Balaban J connectivity index is 4.48. The van der Waals surface area contributed by atoms with Crippen LogP contribution in [0.1, 0.15) is 188 Å². The molecular weight excluding hydrogens is 709 g/mol. The van der Waals surface area contributed by atoms with Crippen molar-refractivity contribution in [2.45, 2.75) is 200 Å². The number of nitrogens with one attached hydrogen (secondary N) is 1. The predicted molar refractivity (Wildman–Crippen MR) is 217 cm³/mol. The summed E-state index contributed by atoms with van der Waals surface area (Å²) < 4.78 is 33.3. The van der Waals surface area contributed by atoms with Crippen molar-refractivity contribution >= 4 is 25.7 Å². The van der Waals surface area contributed by atoms with Crippen LogP contribution in [0.2, 0.25) is 0 Å². The maximum absolute atomic E-state index is 12.6. The molecular formula is C42H78NO10P. The predicted octanol–water partition coefficient (Wildman–Crippen LogP) is 10.9. The fourth-order valence-electron chi connectivity index (χ4n) is 5.73. The molecule has 0 aliphatic carbocycles. The first-order valence-corrected chi connectivity index (χ1v) is 22.8. The third kappa shape index (κ3) is 36.9. The number of hydrogen-bond donors (Lipinski definition) is 3. The molecule has 0 fully saturated rings. The summed E-state index contributed by atoms with van der Waals surface area (Å²) in [6.45, 7) is 4.80. The van der Waals surface area contributed by atoms with Crippen LogP contribution in [0.25, 0.3) is 0 Å². The smallest absolute Gasteiger partial charge is 0.472 e. The molecule has 316 valence electrons. The topological polar surface area (TPSA) is 158 Å². The number of hydrogen-bond acceptors (Lipinski definition) is 9. The van der Waals surface area contributed by atoms with Crippen LogP contribution in [0.3, 0.4) is 0 Å². The van der Waals surface area contributed by atoms with Gasteiger partial charge in [0.2, 0.25) is 0 Å². The molecule has 0 amide bonds. The lowest BCUT2D eigenvalue weighted by molar-refractivity contribution is -0.161. The van der Waals surface area contributed by atoms with Crippen LogP contribution >= 0.6 is 7.82 Å². The van der Waals surface area contributed by atoms with E-state index in [0.29, 0.717) is 12.8 Å². The summed E-state index contributed by atoms with van der Waals surface area (Å²) in [6, 6.07) is -0.856. The van der Waals surface area contributed by atoms with Crippen molar-refractivity contribution in [1.29, 1.82) is 0 Å². The lowest BCUT2D eigenvalue weighted by Crippen LogP contribution is -2.35. The van der Waals surface area contributed by atoms with E-state index in [9.17, 15) is 23.8 Å². The first-order valence-electron chi connectivity index (χ1n) is 21.3. The number of allylic oxidation sites excluding steroid dienone is 4. The molecule has 12 heteroatoms. The zero-order chi connectivity index (χ0) is 40.0. The number of rotatable bonds is 40. The minimum atomic E-state index is -4.55. The van der Waals surface area contributed by atoms with Crippen molar-refractivity contribution in [2.75, 3.05) is 26.4 Å². The van der Waals surface area contributed by atoms with E-state index in [-0.39, 0.29) is 32.6 Å². The molecule has 0 spiro atoms. The van der Waals surface area contributed by atoms with Gasteiger partial charge in [-0.1, -0.05) is 147 Å². The quantitative estimate of drug-likeness (QED) is 0.0235. The first kappa shape index (κ1) is 52.0. The summed E-state index contributed by atoms with van der Waals surface area (Å²) in [5.41, 5.74) is 0. The van der Waals surface area contributed by atoms with Crippen molar-refractivity contribution in [1.82, 2.24) is 5.32 Å². The van der Waals surface area contributed by atoms with E-state index in [1.54, 1.807) is 0 Å². The summed E-state index contributed by atoms with van der Waals surface area (Å²) in [6.07, 6.45) is 35.6. The molecule has 0 aromatic heterocycles. The molecule has 3 N–H and O–H groups in total. The Morgan fingerprint density at radius 1 is 0.630 bits per heavy atom. The van der Waals surface area contributed by atoms with E-state index in [1.165, 1.54) is 84.0 Å². The third-order valence-corrected chi connectivity index (χ3v) is 10.1. The van der Waals surface area contributed by atoms with Crippen LogP contribution in [0.4, 0.5) is 0 Å². The van der Waals surface area contributed by atoms with Crippen LogP contribution in [0.15, 0.2) is 24.3 Å². The number of esters is 2. The molecule has 0 aliphatic heterocycles. The van der Waals surface area contributed by atoms with Crippen molar-refractivity contribution in [2.24, 2.45) is 0 Å². The van der Waals surface area contributed by atoms with E-state index in [2.05, 4.69) is 43.5 Å². The van der Waals surface area contributed by atoms with Gasteiger partial charge in [-0.15, -0.1) is 0 Å². The Hall–Kier alpha value is -2.04. The Bertz CT molecular complexity index is 1020. The standard InChI is InChI=1S/C42H78NO10P/c1-4-6-8-10-12-14-16-18-19-21-23-25-27-29-31-33-41(45)53-39(37-52-54(48,49)51-35-34-43-38(3)42(46)47)36-50-40(44)32-30-28-26-24-22-20-17-15-13-11-9-7-5-2/h12,14,18-19,38-39,43H,4-11,13,15-17,20-37H2,1-3H3,(H,46,47)(H,48,49)/b14-12-,19-18-/t38?,39-/m1/s1. The maximum Gasteiger partial charge on any atom is 0.472 e. The molecule has 0 bridgehead atoms. The van der Waals surface area contributed by atoms with Gasteiger partial charge in [0, 0.05) is 19.4 Å². The fraction of sp³-hybridized carbons (Fsp3) is 0.833. The number of aliphatic carboxylic acids is 1. The molecule has 11 nitrogen and oxygen atoms in total. The first-order chi connectivity index (χ1) is 26.1. The molecule has 0 saturated heterocycles. The van der Waals surface area contributed by atoms with Gasteiger partial charge < -0.3 is 24.8 Å². The SMILES string of the molecule is CCCCC/C=C\C/C=C\CCCCCCCC(=O)O[C@H](COC(=O)CCCCCCCCCCCCCCC)COP(=O)(O)OCCNC(C)C(=O)O. The molecule has 0 rings (SSSR count). The Kier molecular flexibility index (Phi) is 36.4. The van der Waals surface area contributed by atoms with Crippen LogP contribution in [0, 0.1) is 0 Å². The van der Waals surface area contributed by atoms with Gasteiger partial charge in [-0.3, -0.25) is 23.4 Å². The molecule has 0 aromatic carbocycles. The van der Waals surface area contributed by atoms with Gasteiger partial charge in [-0.05, 0) is 51.9 Å². The summed E-state index contributed by atoms with van der Waals surface area (Å²) in [4.78, 5) is 46.1. The summed E-state index contributed by atoms with van der Waals surface area (Å²) in [7, 11) is -4.55. The number of phosphoric ester groups is 1. The molecule has 0 heterocycles. The molecule has 0 saturated carbocycles. The number of carbonyl (C=O) groups is 3. The van der Waals surface area contributed by atoms with Crippen molar-refractivity contribution in [3.63, 3.8) is 0 Å². The number of carbonyl (C=O) groups excluding carboxylic acids is 2. The normalized spacial score (nSPS) is 14.0. The number of phosphoric acid groups is 1. The van der Waals surface area contributed by atoms with Crippen LogP contribution in [0.5, 0.6) is 0 Å². The highest BCUT2D eigenvalue weighted by Gasteiger charge is 2.26. The monoisotopic (exact) mass is 788 g/mol. The van der Waals surface area contributed by atoms with Crippen molar-refractivity contribution in [3.8, 4) is 0 Å². The van der Waals surface area contributed by atoms with E-state index < -0.39 is 44.5 Å². The van der Waals surface area contributed by atoms with Gasteiger partial charge in [-0.25, -0.2) is 4.57 Å². The molecule has 2 unspecified atom stereocenters. The molecule has 54 heavy (non-hydrogen) atoms. The number of carboxylic acid groups (broad SMARTS) is 1. The van der Waals surface area contributed by atoms with Crippen LogP contribution in [-0.2, 0) is 37.5 Å². The van der Waals surface area contributed by atoms with E-state index in [0.717, 1.165) is 64.2 Å². The Labute approximate surface area is 328 Å². The average molecular weight is 788 g/mol. The minimum Gasteiger partial charge on any atom is -0.480 e. The lowest BCUT2D eigenvalue weighted by atomic mass is 10.0. The van der Waals surface area contributed by atoms with Gasteiger partial charge in [0.1, 0.15) is 12.6 Å². The van der Waals surface area contributed by atoms with Crippen molar-refractivity contribution in [3.05, 3.63) is 24.3 Å². The Morgan fingerprint density at radius 2 is 1.09 bits per heavy atom. The second kappa shape index (κ2) is 37.9. The Morgan fingerprint density at radius 3 is 1.63 bits per heavy atom. The molecule has 0 aromatic rings. The fourth-order valence-corrected chi connectivity index (χ4v) is 6.48. The zero-order valence-corrected chi connectivity index (χ0v) is 35.2. The summed E-state index contributed by atoms with van der Waals surface area (Å²) in [5, 5.41) is 11.6. The summed E-state index contributed by atoms with van der Waals surface area (Å²) >= 11 is 0. The highest BCUT2D eigenvalue weighted by atomic mass is 31.2. The second-order valence-electron chi connectivity index (χ2n) is 14.4. The largest absolute Gasteiger partial charge is 0.480 e. The van der Waals surface area contributed by atoms with Crippen LogP contribution < -0.4 is 5.32 Å². The number of carboxylic acids is 1. The number of ether oxygens (including phenoxy) is 2. The average Bonchev–Trinajstić information content (AvgIpc) is 3.14.